The van der Waals surface area contributed by atoms with E-state index in [1.807, 2.05) is 12.1 Å². The summed E-state index contributed by atoms with van der Waals surface area (Å²) in [5, 5.41) is 11.9. The van der Waals surface area contributed by atoms with E-state index in [1.54, 1.807) is 24.3 Å². The van der Waals surface area contributed by atoms with E-state index in [0.29, 0.717) is 17.8 Å². The molecule has 4 N–H and O–H groups in total. The molecule has 0 saturated heterocycles. The van der Waals surface area contributed by atoms with Crippen molar-refractivity contribution in [2.24, 2.45) is 0 Å². The Morgan fingerprint density at radius 1 is 1.06 bits per heavy atom. The van der Waals surface area contributed by atoms with Crippen LogP contribution in [-0.4, -0.2) is 11.0 Å². The Balaban J connectivity index is 1.96. The van der Waals surface area contributed by atoms with Gasteiger partial charge in [-0.2, -0.15) is 0 Å². The number of aromatic hydroxyl groups is 1. The van der Waals surface area contributed by atoms with Gasteiger partial charge in [-0.25, -0.2) is 0 Å². The fraction of sp³-hybridized carbons (Fsp3) is 0.0714. The third kappa shape index (κ3) is 3.01. The molecular weight excluding hydrogens is 228 g/mol. The van der Waals surface area contributed by atoms with Gasteiger partial charge in [-0.1, -0.05) is 12.1 Å². The van der Waals surface area contributed by atoms with Gasteiger partial charge in [-0.05, 0) is 42.0 Å². The number of phenolic OH excluding ortho intramolecular Hbond substituents is 1. The molecule has 18 heavy (non-hydrogen) atoms. The minimum atomic E-state index is -0.174. The van der Waals surface area contributed by atoms with Crippen LogP contribution in [0.3, 0.4) is 0 Å². The van der Waals surface area contributed by atoms with Crippen LogP contribution in [0.5, 0.6) is 5.75 Å². The molecular formula is C14H14N2O2. The van der Waals surface area contributed by atoms with E-state index in [2.05, 4.69) is 5.32 Å². The molecule has 1 amide bonds. The number of nitrogens with one attached hydrogen (secondary N) is 1. The van der Waals surface area contributed by atoms with Crippen molar-refractivity contribution in [1.29, 1.82) is 0 Å². The summed E-state index contributed by atoms with van der Waals surface area (Å²) in [7, 11) is 0. The average Bonchev–Trinajstić information content (AvgIpc) is 2.38. The highest BCUT2D eigenvalue weighted by Gasteiger charge is 2.04. The molecule has 2 aromatic carbocycles. The summed E-state index contributed by atoms with van der Waals surface area (Å²) in [6.45, 7) is 0.444. The number of hydrogen-bond acceptors (Lipinski definition) is 3. The molecule has 4 heteroatoms. The highest BCUT2D eigenvalue weighted by molar-refractivity contribution is 5.94. The number of rotatable bonds is 3. The van der Waals surface area contributed by atoms with Crippen molar-refractivity contribution >= 4 is 11.6 Å². The van der Waals surface area contributed by atoms with Crippen LogP contribution in [0.1, 0.15) is 15.9 Å². The van der Waals surface area contributed by atoms with E-state index in [4.69, 9.17) is 10.8 Å². The maximum absolute atomic E-state index is 11.8. The lowest BCUT2D eigenvalue weighted by molar-refractivity contribution is 0.0951. The van der Waals surface area contributed by atoms with Crippen LogP contribution < -0.4 is 11.1 Å². The lowest BCUT2D eigenvalue weighted by Gasteiger charge is -2.05. The molecule has 92 valence electrons. The van der Waals surface area contributed by atoms with Gasteiger partial charge in [0.25, 0.3) is 5.91 Å². The largest absolute Gasteiger partial charge is 0.508 e. The molecule has 0 aliphatic carbocycles. The highest BCUT2D eigenvalue weighted by atomic mass is 16.3. The van der Waals surface area contributed by atoms with Crippen LogP contribution in [0, 0.1) is 0 Å². The molecule has 2 aromatic rings. The molecule has 0 atom stereocenters. The van der Waals surface area contributed by atoms with Crippen molar-refractivity contribution < 1.29 is 9.90 Å². The van der Waals surface area contributed by atoms with Gasteiger partial charge in [-0.3, -0.25) is 4.79 Å². The number of carbonyl (C=O) groups is 1. The Hall–Kier alpha value is -2.49. The first-order chi connectivity index (χ1) is 8.65. The van der Waals surface area contributed by atoms with Gasteiger partial charge in [0.1, 0.15) is 5.75 Å². The first-order valence-electron chi connectivity index (χ1n) is 5.57. The molecule has 0 spiro atoms. The minimum Gasteiger partial charge on any atom is -0.508 e. The molecule has 4 nitrogen and oxygen atoms in total. The molecule has 0 heterocycles. The van der Waals surface area contributed by atoms with E-state index in [1.165, 1.54) is 12.1 Å². The molecule has 0 fully saturated rings. The Kier molecular flexibility index (Phi) is 3.48. The van der Waals surface area contributed by atoms with Crippen LogP contribution in [-0.2, 0) is 6.54 Å². The van der Waals surface area contributed by atoms with E-state index in [0.717, 1.165) is 5.56 Å². The number of phenols is 1. The van der Waals surface area contributed by atoms with Crippen molar-refractivity contribution in [3.05, 3.63) is 59.7 Å². The zero-order chi connectivity index (χ0) is 13.0. The molecule has 0 unspecified atom stereocenters. The lowest BCUT2D eigenvalue weighted by atomic mass is 10.2. The van der Waals surface area contributed by atoms with Crippen molar-refractivity contribution in [3.63, 3.8) is 0 Å². The first-order valence-corrected chi connectivity index (χ1v) is 5.57. The molecule has 2 rings (SSSR count). The Morgan fingerprint density at radius 2 is 1.67 bits per heavy atom. The van der Waals surface area contributed by atoms with E-state index >= 15 is 0 Å². The van der Waals surface area contributed by atoms with Gasteiger partial charge in [0.2, 0.25) is 0 Å². The van der Waals surface area contributed by atoms with Crippen molar-refractivity contribution in [3.8, 4) is 5.75 Å². The SMILES string of the molecule is Nc1ccc(CNC(=O)c2ccc(O)cc2)cc1. The van der Waals surface area contributed by atoms with Crippen LogP contribution in [0.25, 0.3) is 0 Å². The van der Waals surface area contributed by atoms with Gasteiger partial charge in [-0.15, -0.1) is 0 Å². The number of nitrogens with two attached hydrogens (primary N) is 1. The summed E-state index contributed by atoms with van der Waals surface area (Å²) in [6, 6.07) is 13.4. The molecule has 0 bridgehead atoms. The van der Waals surface area contributed by atoms with Crippen LogP contribution >= 0.6 is 0 Å². The summed E-state index contributed by atoms with van der Waals surface area (Å²) in [4.78, 5) is 11.8. The van der Waals surface area contributed by atoms with Crippen LogP contribution in [0.4, 0.5) is 5.69 Å². The fourth-order valence-electron chi connectivity index (χ4n) is 1.53. The topological polar surface area (TPSA) is 75.3 Å². The zero-order valence-electron chi connectivity index (χ0n) is 9.76. The number of benzene rings is 2. The number of nitrogen functional groups attached to an aromatic ring is 1. The standard InChI is InChI=1S/C14H14N2O2/c15-12-5-1-10(2-6-12)9-16-14(18)11-3-7-13(17)8-4-11/h1-8,17H,9,15H2,(H,16,18). The normalized spacial score (nSPS) is 10.0. The Bertz CT molecular complexity index is 533. The predicted octanol–water partition coefficient (Wildman–Crippen LogP) is 1.90. The summed E-state index contributed by atoms with van der Waals surface area (Å²) in [5.41, 5.74) is 7.77. The van der Waals surface area contributed by atoms with Crippen LogP contribution in [0.2, 0.25) is 0 Å². The second-order valence-electron chi connectivity index (χ2n) is 3.97. The predicted molar refractivity (Wildman–Crippen MR) is 70.1 cm³/mol. The highest BCUT2D eigenvalue weighted by Crippen LogP contribution is 2.10. The number of amides is 1. The third-order valence-electron chi connectivity index (χ3n) is 2.56. The number of anilines is 1. The maximum atomic E-state index is 11.8. The average molecular weight is 242 g/mol. The molecule has 0 aliphatic rings. The quantitative estimate of drug-likeness (QED) is 0.719. The van der Waals surface area contributed by atoms with Crippen LogP contribution in [0.15, 0.2) is 48.5 Å². The van der Waals surface area contributed by atoms with Crippen molar-refractivity contribution in [2.45, 2.75) is 6.54 Å². The smallest absolute Gasteiger partial charge is 0.251 e. The van der Waals surface area contributed by atoms with Gasteiger partial charge >= 0.3 is 0 Å². The third-order valence-corrected chi connectivity index (χ3v) is 2.56. The van der Waals surface area contributed by atoms with Gasteiger partial charge in [0, 0.05) is 17.8 Å². The van der Waals surface area contributed by atoms with E-state index in [9.17, 15) is 4.79 Å². The molecule has 0 saturated carbocycles. The zero-order valence-corrected chi connectivity index (χ0v) is 9.76. The van der Waals surface area contributed by atoms with Gasteiger partial charge in [0.15, 0.2) is 0 Å². The van der Waals surface area contributed by atoms with Crippen molar-refractivity contribution in [1.82, 2.24) is 5.32 Å². The summed E-state index contributed by atoms with van der Waals surface area (Å²) >= 11 is 0. The first kappa shape index (κ1) is 12.0. The Labute approximate surface area is 105 Å². The van der Waals surface area contributed by atoms with Gasteiger partial charge in [0.05, 0.1) is 0 Å². The molecule has 0 aliphatic heterocycles. The summed E-state index contributed by atoms with van der Waals surface area (Å²) in [6.07, 6.45) is 0. The monoisotopic (exact) mass is 242 g/mol. The number of hydrogen-bond donors (Lipinski definition) is 3. The summed E-state index contributed by atoms with van der Waals surface area (Å²) in [5.74, 6) is -0.0306. The fourth-order valence-corrected chi connectivity index (χ4v) is 1.53. The van der Waals surface area contributed by atoms with E-state index < -0.39 is 0 Å². The second-order valence-corrected chi connectivity index (χ2v) is 3.97. The second kappa shape index (κ2) is 5.23. The maximum Gasteiger partial charge on any atom is 0.251 e. The van der Waals surface area contributed by atoms with Gasteiger partial charge < -0.3 is 16.2 Å². The Morgan fingerprint density at radius 3 is 2.28 bits per heavy atom. The van der Waals surface area contributed by atoms with E-state index in [-0.39, 0.29) is 11.7 Å². The molecule has 0 radical (unpaired) electrons. The minimum absolute atomic E-state index is 0.144. The lowest BCUT2D eigenvalue weighted by Crippen LogP contribution is -2.22. The summed E-state index contributed by atoms with van der Waals surface area (Å²) < 4.78 is 0. The molecule has 0 aromatic heterocycles. The van der Waals surface area contributed by atoms with Crippen molar-refractivity contribution in [2.75, 3.05) is 5.73 Å². The number of carbonyl (C=O) groups excluding carboxylic acids is 1.